The first-order valence-electron chi connectivity index (χ1n) is 13.2. The lowest BCUT2D eigenvalue weighted by molar-refractivity contribution is -0.127. The zero-order valence-electron chi connectivity index (χ0n) is 22.4. The lowest BCUT2D eigenvalue weighted by atomic mass is 9.96. The molecule has 0 aliphatic carbocycles. The minimum Gasteiger partial charge on any atom is -0.489 e. The Kier molecular flexibility index (Phi) is 8.77. The molecule has 37 heavy (non-hydrogen) atoms. The van der Waals surface area contributed by atoms with E-state index >= 15 is 0 Å². The van der Waals surface area contributed by atoms with Crippen LogP contribution in [0.5, 0.6) is 5.75 Å². The molecule has 2 atom stereocenters. The van der Waals surface area contributed by atoms with Gasteiger partial charge < -0.3 is 19.2 Å². The molecule has 0 bridgehead atoms. The van der Waals surface area contributed by atoms with E-state index in [0.29, 0.717) is 36.9 Å². The standard InChI is InChI=1S/C30H38N2O5/c1-20(2)29(34)27(13-8-22(4)33)32-17-26-25(30(32)35)6-5-7-28(26)37-19-24-11-9-23(10-12-24)16-31-14-15-36-18-21(31)3/h5-7,9-12,20-21,27H,8,13-19H2,1-4H3. The second kappa shape index (κ2) is 12.0. The molecule has 2 aromatic rings. The molecule has 1 saturated heterocycles. The number of rotatable bonds is 11. The second-order valence-corrected chi connectivity index (χ2v) is 10.5. The normalized spacial score (nSPS) is 18.7. The van der Waals surface area contributed by atoms with Gasteiger partial charge in [-0.15, -0.1) is 0 Å². The molecule has 7 nitrogen and oxygen atoms in total. The number of nitrogens with zero attached hydrogens (tertiary/aromatic N) is 2. The topological polar surface area (TPSA) is 76.2 Å². The van der Waals surface area contributed by atoms with E-state index in [4.69, 9.17) is 9.47 Å². The number of morpholine rings is 1. The van der Waals surface area contributed by atoms with E-state index in [1.807, 2.05) is 26.0 Å². The molecule has 1 amide bonds. The van der Waals surface area contributed by atoms with E-state index in [-0.39, 0.29) is 29.8 Å². The zero-order valence-corrected chi connectivity index (χ0v) is 22.4. The number of hydrogen-bond donors (Lipinski definition) is 0. The second-order valence-electron chi connectivity index (χ2n) is 10.5. The molecule has 4 rings (SSSR count). The van der Waals surface area contributed by atoms with E-state index in [2.05, 4.69) is 36.1 Å². The van der Waals surface area contributed by atoms with Crippen LogP contribution in [0.2, 0.25) is 0 Å². The number of hydrogen-bond acceptors (Lipinski definition) is 6. The Labute approximate surface area is 219 Å². The highest BCUT2D eigenvalue weighted by Gasteiger charge is 2.38. The van der Waals surface area contributed by atoms with Crippen LogP contribution < -0.4 is 4.74 Å². The summed E-state index contributed by atoms with van der Waals surface area (Å²) in [6.07, 6.45) is 0.616. The Balaban J connectivity index is 1.43. The summed E-state index contributed by atoms with van der Waals surface area (Å²) < 4.78 is 11.7. The molecule has 1 fully saturated rings. The summed E-state index contributed by atoms with van der Waals surface area (Å²) in [5, 5.41) is 0. The minimum absolute atomic E-state index is 0.0141. The van der Waals surface area contributed by atoms with Gasteiger partial charge in [-0.2, -0.15) is 0 Å². The van der Waals surface area contributed by atoms with Crippen molar-refractivity contribution in [2.45, 2.75) is 72.3 Å². The lowest BCUT2D eigenvalue weighted by Gasteiger charge is -2.33. The van der Waals surface area contributed by atoms with Crippen LogP contribution in [0.15, 0.2) is 42.5 Å². The van der Waals surface area contributed by atoms with Gasteiger partial charge in [0.25, 0.3) is 5.91 Å². The van der Waals surface area contributed by atoms with Gasteiger partial charge >= 0.3 is 0 Å². The van der Waals surface area contributed by atoms with Crippen molar-refractivity contribution < 1.29 is 23.9 Å². The molecule has 2 aliphatic rings. The van der Waals surface area contributed by atoms with Crippen molar-refractivity contribution >= 4 is 17.5 Å². The van der Waals surface area contributed by atoms with Crippen LogP contribution in [0.1, 0.15) is 67.6 Å². The Morgan fingerprint density at radius 3 is 2.51 bits per heavy atom. The fourth-order valence-corrected chi connectivity index (χ4v) is 5.02. The average molecular weight is 507 g/mol. The van der Waals surface area contributed by atoms with Gasteiger partial charge in [-0.05, 0) is 43.5 Å². The molecule has 2 heterocycles. The van der Waals surface area contributed by atoms with Crippen LogP contribution in [0.4, 0.5) is 0 Å². The fourth-order valence-electron chi connectivity index (χ4n) is 5.02. The lowest BCUT2D eigenvalue weighted by Crippen LogP contribution is -2.43. The molecule has 0 spiro atoms. The van der Waals surface area contributed by atoms with E-state index in [1.54, 1.807) is 11.0 Å². The van der Waals surface area contributed by atoms with Crippen molar-refractivity contribution in [3.8, 4) is 5.75 Å². The van der Waals surface area contributed by atoms with Gasteiger partial charge in [0, 0.05) is 42.6 Å². The number of fused-ring (bicyclic) bond motifs is 1. The van der Waals surface area contributed by atoms with Gasteiger partial charge in [-0.3, -0.25) is 14.5 Å². The summed E-state index contributed by atoms with van der Waals surface area (Å²) in [4.78, 5) is 41.9. The Bertz CT molecular complexity index is 1130. The van der Waals surface area contributed by atoms with Gasteiger partial charge in [0.05, 0.1) is 25.8 Å². The number of Topliss-reactive ketones (excluding diaryl/α,β-unsaturated/α-hetero) is 2. The third kappa shape index (κ3) is 6.46. The van der Waals surface area contributed by atoms with Crippen LogP contribution in [-0.2, 0) is 34.0 Å². The van der Waals surface area contributed by atoms with Gasteiger partial charge in [0.15, 0.2) is 5.78 Å². The average Bonchev–Trinajstić information content (AvgIpc) is 3.21. The molecule has 2 unspecified atom stereocenters. The van der Waals surface area contributed by atoms with Crippen LogP contribution in [-0.4, -0.2) is 59.1 Å². The predicted molar refractivity (Wildman–Crippen MR) is 141 cm³/mol. The van der Waals surface area contributed by atoms with Gasteiger partial charge in [-0.1, -0.05) is 44.2 Å². The minimum atomic E-state index is -0.613. The maximum absolute atomic E-state index is 13.3. The number of ketones is 2. The van der Waals surface area contributed by atoms with Gasteiger partial charge in [0.2, 0.25) is 0 Å². The number of ether oxygens (including phenoxy) is 2. The van der Waals surface area contributed by atoms with Crippen LogP contribution in [0.3, 0.4) is 0 Å². The highest BCUT2D eigenvalue weighted by atomic mass is 16.5. The summed E-state index contributed by atoms with van der Waals surface area (Å²) in [7, 11) is 0. The maximum Gasteiger partial charge on any atom is 0.255 e. The number of carbonyl (C=O) groups excluding carboxylic acids is 3. The summed E-state index contributed by atoms with van der Waals surface area (Å²) >= 11 is 0. The fraction of sp³-hybridized carbons (Fsp3) is 0.500. The number of carbonyl (C=O) groups is 3. The predicted octanol–water partition coefficient (Wildman–Crippen LogP) is 4.41. The third-order valence-corrected chi connectivity index (χ3v) is 7.30. The molecular formula is C30H38N2O5. The summed E-state index contributed by atoms with van der Waals surface area (Å²) in [6.45, 7) is 11.5. The Hall–Kier alpha value is -3.03. The first-order valence-corrected chi connectivity index (χ1v) is 13.2. The van der Waals surface area contributed by atoms with Crippen molar-refractivity contribution in [1.29, 1.82) is 0 Å². The van der Waals surface area contributed by atoms with Crippen molar-refractivity contribution in [2.24, 2.45) is 5.92 Å². The van der Waals surface area contributed by atoms with Crippen LogP contribution in [0.25, 0.3) is 0 Å². The number of benzene rings is 2. The highest BCUT2D eigenvalue weighted by Crippen LogP contribution is 2.34. The summed E-state index contributed by atoms with van der Waals surface area (Å²) in [5.41, 5.74) is 3.67. The van der Waals surface area contributed by atoms with Crippen molar-refractivity contribution in [2.75, 3.05) is 19.8 Å². The van der Waals surface area contributed by atoms with Crippen LogP contribution >= 0.6 is 0 Å². The molecule has 0 saturated carbocycles. The first-order chi connectivity index (χ1) is 17.7. The molecule has 0 aromatic heterocycles. The van der Waals surface area contributed by atoms with E-state index < -0.39 is 6.04 Å². The summed E-state index contributed by atoms with van der Waals surface area (Å²) in [6, 6.07) is 13.7. The molecule has 2 aliphatic heterocycles. The molecule has 0 N–H and O–H groups in total. The molecule has 2 aromatic carbocycles. The van der Waals surface area contributed by atoms with Gasteiger partial charge in [-0.25, -0.2) is 0 Å². The quantitative estimate of drug-likeness (QED) is 0.450. The third-order valence-electron chi connectivity index (χ3n) is 7.30. The van der Waals surface area contributed by atoms with E-state index in [9.17, 15) is 14.4 Å². The molecule has 0 radical (unpaired) electrons. The number of amides is 1. The van der Waals surface area contributed by atoms with Crippen molar-refractivity contribution in [3.05, 3.63) is 64.7 Å². The Morgan fingerprint density at radius 2 is 1.84 bits per heavy atom. The Morgan fingerprint density at radius 1 is 1.11 bits per heavy atom. The zero-order chi connectivity index (χ0) is 26.5. The van der Waals surface area contributed by atoms with E-state index in [0.717, 1.165) is 37.4 Å². The van der Waals surface area contributed by atoms with E-state index in [1.165, 1.54) is 12.5 Å². The largest absolute Gasteiger partial charge is 0.489 e. The summed E-state index contributed by atoms with van der Waals surface area (Å²) in [5.74, 6) is 0.252. The van der Waals surface area contributed by atoms with Crippen molar-refractivity contribution in [1.82, 2.24) is 9.80 Å². The monoisotopic (exact) mass is 506 g/mol. The smallest absolute Gasteiger partial charge is 0.255 e. The first kappa shape index (κ1) is 27.0. The van der Waals surface area contributed by atoms with Gasteiger partial charge in [0.1, 0.15) is 18.1 Å². The van der Waals surface area contributed by atoms with Crippen molar-refractivity contribution in [3.63, 3.8) is 0 Å². The molecular weight excluding hydrogens is 468 g/mol. The highest BCUT2D eigenvalue weighted by molar-refractivity contribution is 6.02. The molecule has 7 heteroatoms. The van der Waals surface area contributed by atoms with Crippen LogP contribution in [0, 0.1) is 5.92 Å². The SMILES string of the molecule is CC(=O)CCC(C(=O)C(C)C)N1Cc2c(OCc3ccc(CN4CCOCC4C)cc3)cccc2C1=O. The maximum atomic E-state index is 13.3. The molecule has 198 valence electrons.